The van der Waals surface area contributed by atoms with Crippen molar-refractivity contribution < 1.29 is 18.7 Å². The Morgan fingerprint density at radius 1 is 1.30 bits per heavy atom. The van der Waals surface area contributed by atoms with Crippen LogP contribution in [0, 0.1) is 5.82 Å². The topological polar surface area (TPSA) is 47.6 Å². The molecule has 2 atom stereocenters. The van der Waals surface area contributed by atoms with E-state index >= 15 is 0 Å². The van der Waals surface area contributed by atoms with E-state index in [4.69, 9.17) is 4.74 Å². The van der Waals surface area contributed by atoms with Gasteiger partial charge >= 0.3 is 5.97 Å². The standard InChI is InChI=1S/C15H20FNO3/c1-19-14-6-4-3-5-13(14)17-10-7-8-12(16)11(9-10)15(18)20-2/h7-9,13-14,17H,3-6H2,1-2H3. The largest absolute Gasteiger partial charge is 0.465 e. The lowest BCUT2D eigenvalue weighted by atomic mass is 9.92. The fourth-order valence-corrected chi connectivity index (χ4v) is 2.64. The molecule has 4 nitrogen and oxygen atoms in total. The van der Waals surface area contributed by atoms with E-state index in [2.05, 4.69) is 10.1 Å². The Labute approximate surface area is 118 Å². The van der Waals surface area contributed by atoms with E-state index in [0.29, 0.717) is 5.69 Å². The zero-order chi connectivity index (χ0) is 14.5. The maximum Gasteiger partial charge on any atom is 0.340 e. The number of rotatable bonds is 4. The molecule has 1 aromatic rings. The second-order valence-corrected chi connectivity index (χ2v) is 5.00. The van der Waals surface area contributed by atoms with Gasteiger partial charge < -0.3 is 14.8 Å². The lowest BCUT2D eigenvalue weighted by Gasteiger charge is -2.31. The third kappa shape index (κ3) is 3.28. The Morgan fingerprint density at radius 2 is 2.05 bits per heavy atom. The third-order valence-electron chi connectivity index (χ3n) is 3.73. The number of ether oxygens (including phenoxy) is 2. The molecule has 1 aliphatic rings. The molecule has 0 bridgehead atoms. The van der Waals surface area contributed by atoms with Crippen molar-refractivity contribution in [3.8, 4) is 0 Å². The van der Waals surface area contributed by atoms with E-state index in [0.717, 1.165) is 25.7 Å². The smallest absolute Gasteiger partial charge is 0.340 e. The van der Waals surface area contributed by atoms with Gasteiger partial charge in [0.2, 0.25) is 0 Å². The van der Waals surface area contributed by atoms with Crippen molar-refractivity contribution in [2.45, 2.75) is 37.8 Å². The number of methoxy groups -OCH3 is 2. The highest BCUT2D eigenvalue weighted by atomic mass is 19.1. The monoisotopic (exact) mass is 281 g/mol. The first-order chi connectivity index (χ1) is 9.65. The summed E-state index contributed by atoms with van der Waals surface area (Å²) in [5.74, 6) is -1.24. The van der Waals surface area contributed by atoms with Crippen molar-refractivity contribution in [1.82, 2.24) is 0 Å². The summed E-state index contributed by atoms with van der Waals surface area (Å²) in [6, 6.07) is 4.58. The molecular weight excluding hydrogens is 261 g/mol. The molecule has 0 aliphatic heterocycles. The zero-order valence-electron chi connectivity index (χ0n) is 11.8. The highest BCUT2D eigenvalue weighted by Crippen LogP contribution is 2.25. The maximum atomic E-state index is 13.6. The highest BCUT2D eigenvalue weighted by Gasteiger charge is 2.25. The van der Waals surface area contributed by atoms with Crippen molar-refractivity contribution in [3.05, 3.63) is 29.6 Å². The minimum atomic E-state index is -0.668. The van der Waals surface area contributed by atoms with Crippen LogP contribution >= 0.6 is 0 Å². The Morgan fingerprint density at radius 3 is 2.75 bits per heavy atom. The van der Waals surface area contributed by atoms with Crippen molar-refractivity contribution in [2.75, 3.05) is 19.5 Å². The molecule has 0 spiro atoms. The molecule has 1 saturated carbocycles. The summed E-state index contributed by atoms with van der Waals surface area (Å²) >= 11 is 0. The number of hydrogen-bond donors (Lipinski definition) is 1. The van der Waals surface area contributed by atoms with Gasteiger partial charge in [0.25, 0.3) is 0 Å². The first kappa shape index (κ1) is 14.8. The summed E-state index contributed by atoms with van der Waals surface area (Å²) in [4.78, 5) is 11.5. The van der Waals surface area contributed by atoms with Crippen LogP contribution in [0.15, 0.2) is 18.2 Å². The minimum Gasteiger partial charge on any atom is -0.465 e. The molecule has 1 aliphatic carbocycles. The van der Waals surface area contributed by atoms with Gasteiger partial charge in [0.1, 0.15) is 5.82 Å². The Hall–Kier alpha value is -1.62. The van der Waals surface area contributed by atoms with Crippen LogP contribution in [0.5, 0.6) is 0 Å². The molecule has 1 aromatic carbocycles. The average molecular weight is 281 g/mol. The van der Waals surface area contributed by atoms with Crippen LogP contribution in [0.25, 0.3) is 0 Å². The SMILES string of the molecule is COC(=O)c1cc(NC2CCCCC2OC)ccc1F. The summed E-state index contributed by atoms with van der Waals surface area (Å²) in [5, 5.41) is 3.33. The second-order valence-electron chi connectivity index (χ2n) is 5.00. The van der Waals surface area contributed by atoms with Crippen molar-refractivity contribution in [3.63, 3.8) is 0 Å². The minimum absolute atomic E-state index is 0.0534. The van der Waals surface area contributed by atoms with E-state index in [1.54, 1.807) is 13.2 Å². The van der Waals surface area contributed by atoms with E-state index in [9.17, 15) is 9.18 Å². The Bertz CT molecular complexity index is 478. The maximum absolute atomic E-state index is 13.6. The molecule has 0 saturated heterocycles. The number of halogens is 1. The van der Waals surface area contributed by atoms with Crippen molar-refractivity contribution in [2.24, 2.45) is 0 Å². The van der Waals surface area contributed by atoms with Gasteiger partial charge in [-0.05, 0) is 31.0 Å². The van der Waals surface area contributed by atoms with Crippen molar-refractivity contribution in [1.29, 1.82) is 0 Å². The van der Waals surface area contributed by atoms with E-state index in [1.807, 2.05) is 0 Å². The Balaban J connectivity index is 2.14. The average Bonchev–Trinajstić information content (AvgIpc) is 2.49. The van der Waals surface area contributed by atoms with Gasteiger partial charge in [0.05, 0.1) is 24.8 Å². The van der Waals surface area contributed by atoms with Crippen LogP contribution in [-0.4, -0.2) is 32.3 Å². The van der Waals surface area contributed by atoms with Crippen LogP contribution in [0.4, 0.5) is 10.1 Å². The van der Waals surface area contributed by atoms with Crippen LogP contribution in [0.3, 0.4) is 0 Å². The summed E-state index contributed by atoms with van der Waals surface area (Å²) in [6.45, 7) is 0. The molecule has 1 fully saturated rings. The fourth-order valence-electron chi connectivity index (χ4n) is 2.64. The summed E-state index contributed by atoms with van der Waals surface area (Å²) < 4.78 is 23.6. The molecule has 2 rings (SSSR count). The van der Waals surface area contributed by atoms with Crippen molar-refractivity contribution >= 4 is 11.7 Å². The molecule has 0 heterocycles. The molecule has 5 heteroatoms. The van der Waals surface area contributed by atoms with Crippen LogP contribution < -0.4 is 5.32 Å². The van der Waals surface area contributed by atoms with Gasteiger partial charge in [0.15, 0.2) is 0 Å². The number of hydrogen-bond acceptors (Lipinski definition) is 4. The zero-order valence-corrected chi connectivity index (χ0v) is 11.8. The van der Waals surface area contributed by atoms with Gasteiger partial charge in [-0.1, -0.05) is 12.8 Å². The quantitative estimate of drug-likeness (QED) is 0.862. The normalized spacial score (nSPS) is 22.4. The number of nitrogens with one attached hydrogen (secondary N) is 1. The first-order valence-electron chi connectivity index (χ1n) is 6.83. The van der Waals surface area contributed by atoms with E-state index in [1.165, 1.54) is 19.2 Å². The number of esters is 1. The van der Waals surface area contributed by atoms with Gasteiger partial charge in [-0.15, -0.1) is 0 Å². The molecule has 1 N–H and O–H groups in total. The number of benzene rings is 1. The summed E-state index contributed by atoms with van der Waals surface area (Å²) in [7, 11) is 2.94. The third-order valence-corrected chi connectivity index (χ3v) is 3.73. The van der Waals surface area contributed by atoms with Crippen LogP contribution in [0.2, 0.25) is 0 Å². The Kier molecular flexibility index (Phi) is 4.95. The predicted molar refractivity (Wildman–Crippen MR) is 74.4 cm³/mol. The molecule has 20 heavy (non-hydrogen) atoms. The number of carbonyl (C=O) groups is 1. The van der Waals surface area contributed by atoms with E-state index < -0.39 is 11.8 Å². The molecule has 0 radical (unpaired) electrons. The molecular formula is C15H20FNO3. The lowest BCUT2D eigenvalue weighted by Crippen LogP contribution is -2.37. The molecule has 110 valence electrons. The van der Waals surface area contributed by atoms with Crippen LogP contribution in [0.1, 0.15) is 36.0 Å². The number of carbonyl (C=O) groups excluding carboxylic acids is 1. The molecule has 2 unspecified atom stereocenters. The molecule has 0 amide bonds. The first-order valence-corrected chi connectivity index (χ1v) is 6.83. The fraction of sp³-hybridized carbons (Fsp3) is 0.533. The predicted octanol–water partition coefficient (Wildman–Crippen LogP) is 2.98. The summed E-state index contributed by atoms with van der Waals surface area (Å²) in [6.07, 6.45) is 4.47. The van der Waals surface area contributed by atoms with Gasteiger partial charge in [0, 0.05) is 12.8 Å². The summed E-state index contributed by atoms with van der Waals surface area (Å²) in [5.41, 5.74) is 0.656. The van der Waals surface area contributed by atoms with Crippen LogP contribution in [-0.2, 0) is 9.47 Å². The van der Waals surface area contributed by atoms with E-state index in [-0.39, 0.29) is 17.7 Å². The second kappa shape index (κ2) is 6.70. The van der Waals surface area contributed by atoms with Gasteiger partial charge in [-0.25, -0.2) is 9.18 Å². The van der Waals surface area contributed by atoms with Gasteiger partial charge in [-0.3, -0.25) is 0 Å². The lowest BCUT2D eigenvalue weighted by molar-refractivity contribution is 0.0595. The van der Waals surface area contributed by atoms with Gasteiger partial charge in [-0.2, -0.15) is 0 Å². The molecule has 0 aromatic heterocycles. The number of anilines is 1. The highest BCUT2D eigenvalue weighted by molar-refractivity contribution is 5.90.